The number of anilines is 1. The molecule has 2 aromatic heterocycles. The molecule has 0 atom stereocenters. The highest BCUT2D eigenvalue weighted by atomic mass is 19.1. The van der Waals surface area contributed by atoms with E-state index in [0.29, 0.717) is 28.9 Å². The van der Waals surface area contributed by atoms with E-state index in [-0.39, 0.29) is 22.9 Å². The van der Waals surface area contributed by atoms with Crippen molar-refractivity contribution in [3.8, 4) is 11.8 Å². The molecule has 0 radical (unpaired) electrons. The number of carbonyl (C=O) groups is 2. The van der Waals surface area contributed by atoms with Crippen LogP contribution < -0.4 is 5.32 Å². The van der Waals surface area contributed by atoms with E-state index in [1.165, 1.54) is 16.8 Å². The number of amides is 1. The van der Waals surface area contributed by atoms with Gasteiger partial charge in [0, 0.05) is 55.6 Å². The number of carbonyl (C=O) groups excluding carboxylic acids is 1. The summed E-state index contributed by atoms with van der Waals surface area (Å²) >= 11 is 0. The predicted octanol–water partition coefficient (Wildman–Crippen LogP) is 3.00. The summed E-state index contributed by atoms with van der Waals surface area (Å²) < 4.78 is 15.2. The predicted molar refractivity (Wildman–Crippen MR) is 147 cm³/mol. The Morgan fingerprint density at radius 1 is 1.00 bits per heavy atom. The molecule has 11 heteroatoms. The number of benzene rings is 2. The van der Waals surface area contributed by atoms with Crippen LogP contribution in [0.25, 0.3) is 5.65 Å². The molecular weight excluding hydrogens is 513 g/mol. The van der Waals surface area contributed by atoms with Crippen LogP contribution in [0.1, 0.15) is 48.8 Å². The largest absolute Gasteiger partial charge is 0.478 e. The van der Waals surface area contributed by atoms with E-state index in [0.717, 1.165) is 37.3 Å². The highest BCUT2D eigenvalue weighted by Gasteiger charge is 2.16. The maximum Gasteiger partial charge on any atom is 0.337 e. The molecule has 40 heavy (non-hydrogen) atoms. The van der Waals surface area contributed by atoms with Gasteiger partial charge in [0.15, 0.2) is 5.65 Å². The summed E-state index contributed by atoms with van der Waals surface area (Å²) in [5, 5.41) is 24.0. The molecule has 1 aliphatic heterocycles. The molecule has 1 fully saturated rings. The Morgan fingerprint density at radius 3 is 2.55 bits per heavy atom. The van der Waals surface area contributed by atoms with Crippen molar-refractivity contribution in [3.05, 3.63) is 87.9 Å². The number of halogens is 1. The first-order valence-corrected chi connectivity index (χ1v) is 12.8. The van der Waals surface area contributed by atoms with Crippen molar-refractivity contribution in [1.29, 1.82) is 0 Å². The van der Waals surface area contributed by atoms with Crippen LogP contribution in [0.5, 0.6) is 0 Å². The molecule has 1 amide bonds. The maximum atomic E-state index is 13.9. The summed E-state index contributed by atoms with van der Waals surface area (Å²) in [6.07, 6.45) is 1.20. The number of carboxylic acids is 1. The first-order chi connectivity index (χ1) is 19.3. The number of hydrogen-bond acceptors (Lipinski definition) is 7. The Morgan fingerprint density at radius 2 is 1.80 bits per heavy atom. The number of nitrogens with one attached hydrogen (secondary N) is 1. The van der Waals surface area contributed by atoms with Crippen LogP contribution in [-0.2, 0) is 13.2 Å². The van der Waals surface area contributed by atoms with Gasteiger partial charge in [-0.2, -0.15) is 9.61 Å². The number of carboxylic acid groups (broad SMARTS) is 1. The molecule has 0 unspecified atom stereocenters. The fourth-order valence-corrected chi connectivity index (χ4v) is 4.44. The van der Waals surface area contributed by atoms with Gasteiger partial charge < -0.3 is 15.3 Å². The minimum atomic E-state index is -1.11. The Balaban J connectivity index is 1.31. The van der Waals surface area contributed by atoms with Crippen LogP contribution in [0.3, 0.4) is 0 Å². The Bertz CT molecular complexity index is 1650. The summed E-state index contributed by atoms with van der Waals surface area (Å²) in [5.74, 6) is 4.68. The first kappa shape index (κ1) is 26.9. The zero-order valence-electron chi connectivity index (χ0n) is 22.2. The molecule has 0 saturated carbocycles. The van der Waals surface area contributed by atoms with Crippen molar-refractivity contribution >= 4 is 23.2 Å². The summed E-state index contributed by atoms with van der Waals surface area (Å²) in [4.78, 5) is 28.8. The summed E-state index contributed by atoms with van der Waals surface area (Å²) in [6.45, 7) is 5.80. The number of alkyl halides is 1. The highest BCUT2D eigenvalue weighted by molar-refractivity contribution is 6.04. The second-order valence-electron chi connectivity index (χ2n) is 9.77. The van der Waals surface area contributed by atoms with Crippen LogP contribution in [-0.4, -0.2) is 79.8 Å². The number of aryl methyl sites for hydroxylation is 1. The van der Waals surface area contributed by atoms with Gasteiger partial charge in [-0.1, -0.05) is 18.1 Å². The van der Waals surface area contributed by atoms with Crippen LogP contribution in [0.15, 0.2) is 48.7 Å². The van der Waals surface area contributed by atoms with Gasteiger partial charge in [-0.05, 0) is 60.8 Å². The van der Waals surface area contributed by atoms with Gasteiger partial charge in [0.05, 0.1) is 11.8 Å². The SMILES string of the molecule is Cc1ccc(C(=O)Nc2ccc(CN3CCN(C)CC3)c(CF)c2)cc1C#Cc1nnc2cc(C(=O)O)cnn12. The van der Waals surface area contributed by atoms with Gasteiger partial charge in [-0.15, -0.1) is 10.2 Å². The molecule has 3 heterocycles. The summed E-state index contributed by atoms with van der Waals surface area (Å²) in [7, 11) is 2.10. The molecule has 2 aromatic carbocycles. The van der Waals surface area contributed by atoms with Crippen molar-refractivity contribution in [2.24, 2.45) is 0 Å². The van der Waals surface area contributed by atoms with Crippen molar-refractivity contribution in [3.63, 3.8) is 0 Å². The zero-order valence-corrected chi connectivity index (χ0v) is 22.2. The lowest BCUT2D eigenvalue weighted by molar-refractivity contribution is 0.0696. The van der Waals surface area contributed by atoms with Gasteiger partial charge in [0.2, 0.25) is 5.82 Å². The monoisotopic (exact) mass is 541 g/mol. The number of piperazine rings is 1. The van der Waals surface area contributed by atoms with E-state index in [1.807, 2.05) is 13.0 Å². The van der Waals surface area contributed by atoms with Crippen LogP contribution in [0.2, 0.25) is 0 Å². The van der Waals surface area contributed by atoms with Crippen molar-refractivity contribution in [2.45, 2.75) is 20.1 Å². The van der Waals surface area contributed by atoms with E-state index >= 15 is 0 Å². The topological polar surface area (TPSA) is 116 Å². The van der Waals surface area contributed by atoms with Gasteiger partial charge in [-0.3, -0.25) is 9.69 Å². The lowest BCUT2D eigenvalue weighted by Crippen LogP contribution is -2.44. The Hall–Kier alpha value is -4.66. The smallest absolute Gasteiger partial charge is 0.337 e. The minimum absolute atomic E-state index is 0.00252. The second-order valence-corrected chi connectivity index (χ2v) is 9.77. The summed E-state index contributed by atoms with van der Waals surface area (Å²) in [6, 6.07) is 11.9. The van der Waals surface area contributed by atoms with Crippen molar-refractivity contribution in [1.82, 2.24) is 29.6 Å². The molecule has 1 saturated heterocycles. The molecule has 0 spiro atoms. The lowest BCUT2D eigenvalue weighted by Gasteiger charge is -2.32. The van der Waals surface area contributed by atoms with E-state index in [1.54, 1.807) is 30.3 Å². The molecule has 10 nitrogen and oxygen atoms in total. The normalized spacial score (nSPS) is 14.1. The number of aromatic carboxylic acids is 1. The highest BCUT2D eigenvalue weighted by Crippen LogP contribution is 2.21. The zero-order chi connectivity index (χ0) is 28.2. The Kier molecular flexibility index (Phi) is 7.82. The van der Waals surface area contributed by atoms with Crippen molar-refractivity contribution < 1.29 is 19.1 Å². The van der Waals surface area contributed by atoms with E-state index in [2.05, 4.69) is 49.3 Å². The molecule has 2 N–H and O–H groups in total. The molecular formula is C29H28FN7O3. The second kappa shape index (κ2) is 11.6. The molecule has 204 valence electrons. The van der Waals surface area contributed by atoms with Crippen molar-refractivity contribution in [2.75, 3.05) is 38.5 Å². The Labute approximate surface area is 230 Å². The third-order valence-electron chi connectivity index (χ3n) is 6.92. The average Bonchev–Trinajstić information content (AvgIpc) is 3.36. The minimum Gasteiger partial charge on any atom is -0.478 e. The number of rotatable bonds is 6. The van der Waals surface area contributed by atoms with Gasteiger partial charge >= 0.3 is 5.97 Å². The first-order valence-electron chi connectivity index (χ1n) is 12.8. The molecule has 4 aromatic rings. The number of aromatic nitrogens is 4. The van der Waals surface area contributed by atoms with Crippen LogP contribution in [0, 0.1) is 18.8 Å². The number of hydrogen-bond donors (Lipinski definition) is 2. The fourth-order valence-electron chi connectivity index (χ4n) is 4.44. The third kappa shape index (κ3) is 5.98. The van der Waals surface area contributed by atoms with E-state index in [4.69, 9.17) is 5.11 Å². The van der Waals surface area contributed by atoms with Gasteiger partial charge in [0.25, 0.3) is 5.91 Å². The number of likely N-dealkylation sites (N-methyl/N-ethyl adjacent to an activating group) is 1. The van der Waals surface area contributed by atoms with Crippen LogP contribution >= 0.6 is 0 Å². The molecule has 0 bridgehead atoms. The number of fused-ring (bicyclic) bond motifs is 1. The number of nitrogens with zero attached hydrogens (tertiary/aromatic N) is 6. The molecule has 1 aliphatic rings. The van der Waals surface area contributed by atoms with E-state index < -0.39 is 12.6 Å². The molecule has 0 aliphatic carbocycles. The maximum absolute atomic E-state index is 13.9. The standard InChI is InChI=1S/C29H28FN7O3/c1-19-3-4-21(13-20(19)6-8-26-33-34-27-15-24(29(39)40)17-31-37(26)27)28(38)32-25-7-5-22(23(14-25)16-30)18-36-11-9-35(2)10-12-36/h3-5,7,13-15,17H,9-12,16,18H2,1-2H3,(H,32,38)(H,39,40). The lowest BCUT2D eigenvalue weighted by atomic mass is 10.0. The van der Waals surface area contributed by atoms with Gasteiger partial charge in [0.1, 0.15) is 6.67 Å². The van der Waals surface area contributed by atoms with Crippen LogP contribution in [0.4, 0.5) is 10.1 Å². The summed E-state index contributed by atoms with van der Waals surface area (Å²) in [5.41, 5.74) is 4.13. The van der Waals surface area contributed by atoms with E-state index in [9.17, 15) is 14.0 Å². The average molecular weight is 542 g/mol. The fraction of sp³-hybridized carbons (Fsp3) is 0.276. The molecule has 5 rings (SSSR count). The quantitative estimate of drug-likeness (QED) is 0.358. The third-order valence-corrected chi connectivity index (χ3v) is 6.92. The van der Waals surface area contributed by atoms with Gasteiger partial charge in [-0.25, -0.2) is 9.18 Å².